The fraction of sp³-hybridized carbons (Fsp3) is 0.636. The van der Waals surface area contributed by atoms with Crippen LogP contribution in [-0.2, 0) is 0 Å². The summed E-state index contributed by atoms with van der Waals surface area (Å²) in [7, 11) is 0. The van der Waals surface area contributed by atoms with Gasteiger partial charge in [-0.1, -0.05) is 12.2 Å². The highest BCUT2D eigenvalue weighted by atomic mass is 32.2. The van der Waals surface area contributed by atoms with Crippen LogP contribution in [0.4, 0.5) is 0 Å². The van der Waals surface area contributed by atoms with Gasteiger partial charge in [0, 0.05) is 10.9 Å². The molecule has 3 aliphatic rings. The van der Waals surface area contributed by atoms with Gasteiger partial charge < -0.3 is 5.32 Å². The lowest BCUT2D eigenvalue weighted by Crippen LogP contribution is -2.24. The van der Waals surface area contributed by atoms with Crippen molar-refractivity contribution in [3.05, 3.63) is 23.4 Å². The fourth-order valence-corrected chi connectivity index (χ4v) is 3.82. The molecular formula is C11H15NS. The summed E-state index contributed by atoms with van der Waals surface area (Å²) in [5.74, 6) is 2.01. The van der Waals surface area contributed by atoms with Gasteiger partial charge in [0.05, 0.1) is 5.88 Å². The van der Waals surface area contributed by atoms with Crippen LogP contribution in [0.5, 0.6) is 0 Å². The van der Waals surface area contributed by atoms with E-state index in [4.69, 9.17) is 0 Å². The van der Waals surface area contributed by atoms with E-state index >= 15 is 0 Å². The van der Waals surface area contributed by atoms with Gasteiger partial charge >= 0.3 is 0 Å². The topological polar surface area (TPSA) is 12.0 Å². The van der Waals surface area contributed by atoms with Crippen LogP contribution in [0.15, 0.2) is 23.4 Å². The van der Waals surface area contributed by atoms with Crippen molar-refractivity contribution in [3.8, 4) is 0 Å². The number of fused-ring (bicyclic) bond motifs is 2. The molecule has 1 fully saturated rings. The molecule has 0 aromatic carbocycles. The quantitative estimate of drug-likeness (QED) is 0.635. The second-order valence-electron chi connectivity index (χ2n) is 4.10. The Kier molecular flexibility index (Phi) is 1.90. The first kappa shape index (κ1) is 7.98. The molecule has 2 unspecified atom stereocenters. The van der Waals surface area contributed by atoms with Crippen LogP contribution in [0.2, 0.25) is 0 Å². The van der Waals surface area contributed by atoms with Crippen LogP contribution in [0.3, 0.4) is 0 Å². The minimum atomic E-state index is 0.800. The van der Waals surface area contributed by atoms with Gasteiger partial charge in [0.1, 0.15) is 0 Å². The van der Waals surface area contributed by atoms with Gasteiger partial charge in [0.15, 0.2) is 0 Å². The van der Waals surface area contributed by atoms with Crippen molar-refractivity contribution in [1.29, 1.82) is 0 Å². The number of hydrogen-bond donors (Lipinski definition) is 1. The summed E-state index contributed by atoms with van der Waals surface area (Å²) < 4.78 is 0. The number of hydrogen-bond acceptors (Lipinski definition) is 2. The molecule has 0 amide bonds. The van der Waals surface area contributed by atoms with E-state index in [9.17, 15) is 0 Å². The van der Waals surface area contributed by atoms with E-state index < -0.39 is 0 Å². The van der Waals surface area contributed by atoms with Crippen molar-refractivity contribution in [2.75, 3.05) is 5.88 Å². The molecule has 1 N–H and O–H groups in total. The standard InChI is InChI=1S/C11H15NS/c1-2-4-9-8(3-1)5-6-10-11(9)12-7-13-10/h2,4,8,10,12H,1,3,5-7H2. The molecule has 0 spiro atoms. The maximum absolute atomic E-state index is 3.55. The highest BCUT2D eigenvalue weighted by molar-refractivity contribution is 8.00. The van der Waals surface area contributed by atoms with Gasteiger partial charge in [-0.05, 0) is 37.2 Å². The molecule has 0 aromatic rings. The summed E-state index contributed by atoms with van der Waals surface area (Å²) in [6.07, 6.45) is 10.2. The molecule has 13 heavy (non-hydrogen) atoms. The first-order valence-electron chi connectivity index (χ1n) is 5.21. The highest BCUT2D eigenvalue weighted by Gasteiger charge is 2.32. The Hall–Kier alpha value is -0.370. The predicted molar refractivity (Wildman–Crippen MR) is 57.5 cm³/mol. The minimum Gasteiger partial charge on any atom is -0.378 e. The molecule has 2 aliphatic carbocycles. The molecule has 2 heteroatoms. The average molecular weight is 193 g/mol. The average Bonchev–Trinajstić information content (AvgIpc) is 2.65. The lowest BCUT2D eigenvalue weighted by molar-refractivity contribution is 0.469. The van der Waals surface area contributed by atoms with Crippen LogP contribution in [-0.4, -0.2) is 11.1 Å². The molecule has 3 rings (SSSR count). The van der Waals surface area contributed by atoms with Crippen LogP contribution in [0.25, 0.3) is 0 Å². The van der Waals surface area contributed by atoms with Crippen LogP contribution in [0, 0.1) is 5.92 Å². The van der Waals surface area contributed by atoms with Crippen LogP contribution >= 0.6 is 11.8 Å². The maximum Gasteiger partial charge on any atom is 0.0615 e. The molecule has 1 nitrogen and oxygen atoms in total. The molecule has 0 radical (unpaired) electrons. The Morgan fingerprint density at radius 3 is 3.31 bits per heavy atom. The third-order valence-electron chi connectivity index (χ3n) is 3.38. The molecule has 0 saturated carbocycles. The first-order chi connectivity index (χ1) is 6.45. The van der Waals surface area contributed by atoms with Crippen molar-refractivity contribution in [3.63, 3.8) is 0 Å². The molecule has 2 atom stereocenters. The first-order valence-corrected chi connectivity index (χ1v) is 6.26. The zero-order valence-electron chi connectivity index (χ0n) is 7.75. The zero-order chi connectivity index (χ0) is 8.67. The summed E-state index contributed by atoms with van der Waals surface area (Å²) in [5, 5.41) is 4.35. The van der Waals surface area contributed by atoms with Crippen LogP contribution in [0.1, 0.15) is 25.7 Å². The van der Waals surface area contributed by atoms with E-state index in [0.717, 1.165) is 17.0 Å². The highest BCUT2D eigenvalue weighted by Crippen LogP contribution is 2.42. The Bertz CT molecular complexity index is 280. The van der Waals surface area contributed by atoms with Crippen LogP contribution < -0.4 is 5.32 Å². The number of nitrogens with one attached hydrogen (secondary N) is 1. The lowest BCUT2D eigenvalue weighted by atomic mass is 9.79. The molecular weight excluding hydrogens is 178 g/mol. The molecule has 1 aliphatic heterocycles. The molecule has 1 saturated heterocycles. The number of rotatable bonds is 0. The number of thioether (sulfide) groups is 1. The van der Waals surface area contributed by atoms with E-state index in [1.54, 1.807) is 11.3 Å². The molecule has 70 valence electrons. The Balaban J connectivity index is 2.03. The van der Waals surface area contributed by atoms with E-state index in [1.807, 2.05) is 0 Å². The smallest absolute Gasteiger partial charge is 0.0615 e. The second kappa shape index (κ2) is 3.09. The zero-order valence-corrected chi connectivity index (χ0v) is 8.57. The van der Waals surface area contributed by atoms with Crippen molar-refractivity contribution in [2.24, 2.45) is 5.92 Å². The monoisotopic (exact) mass is 193 g/mol. The van der Waals surface area contributed by atoms with Crippen molar-refractivity contribution in [1.82, 2.24) is 5.32 Å². The summed E-state index contributed by atoms with van der Waals surface area (Å²) in [6.45, 7) is 0. The lowest BCUT2D eigenvalue weighted by Gasteiger charge is -2.30. The normalized spacial score (nSPS) is 36.9. The Morgan fingerprint density at radius 2 is 2.31 bits per heavy atom. The van der Waals surface area contributed by atoms with E-state index in [2.05, 4.69) is 29.2 Å². The van der Waals surface area contributed by atoms with Crippen molar-refractivity contribution >= 4 is 11.8 Å². The predicted octanol–water partition coefficient (Wildman–Crippen LogP) is 2.66. The number of allylic oxidation sites excluding steroid dienone is 3. The van der Waals surface area contributed by atoms with Gasteiger partial charge in [0.25, 0.3) is 0 Å². The minimum absolute atomic E-state index is 0.800. The molecule has 0 bridgehead atoms. The van der Waals surface area contributed by atoms with E-state index in [0.29, 0.717) is 0 Å². The Labute approximate surface area is 83.7 Å². The summed E-state index contributed by atoms with van der Waals surface area (Å²) >= 11 is 2.08. The van der Waals surface area contributed by atoms with E-state index in [-0.39, 0.29) is 0 Å². The van der Waals surface area contributed by atoms with Crippen molar-refractivity contribution < 1.29 is 0 Å². The van der Waals surface area contributed by atoms with Crippen molar-refractivity contribution in [2.45, 2.75) is 30.9 Å². The largest absolute Gasteiger partial charge is 0.378 e. The third kappa shape index (κ3) is 1.23. The summed E-state index contributed by atoms with van der Waals surface area (Å²) in [5.41, 5.74) is 3.20. The van der Waals surface area contributed by atoms with E-state index in [1.165, 1.54) is 25.7 Å². The molecule has 1 heterocycles. The molecule has 0 aromatic heterocycles. The van der Waals surface area contributed by atoms with Gasteiger partial charge in [-0.3, -0.25) is 0 Å². The third-order valence-corrected chi connectivity index (χ3v) is 4.56. The fourth-order valence-electron chi connectivity index (χ4n) is 2.69. The van der Waals surface area contributed by atoms with Gasteiger partial charge in [-0.25, -0.2) is 0 Å². The summed E-state index contributed by atoms with van der Waals surface area (Å²) in [4.78, 5) is 0. The van der Waals surface area contributed by atoms with Gasteiger partial charge in [-0.2, -0.15) is 0 Å². The van der Waals surface area contributed by atoms with Gasteiger partial charge in [-0.15, -0.1) is 11.8 Å². The SMILES string of the molecule is C1=CC2=C3NCSC3CCC2CC1. The summed E-state index contributed by atoms with van der Waals surface area (Å²) in [6, 6.07) is 0. The maximum atomic E-state index is 3.55. The Morgan fingerprint density at radius 1 is 1.31 bits per heavy atom. The second-order valence-corrected chi connectivity index (χ2v) is 5.29. The van der Waals surface area contributed by atoms with Gasteiger partial charge in [0.2, 0.25) is 0 Å².